The molecule has 0 saturated heterocycles. The zero-order chi connectivity index (χ0) is 27.5. The van der Waals surface area contributed by atoms with Crippen LogP contribution in [0.15, 0.2) is 72.4 Å². The quantitative estimate of drug-likeness (QED) is 0.278. The SMILES string of the molecule is CCNc1nc([C@H]2c3ccccc3CN2C(=O)[C@H](O)[C@@H](O)C(=O)C[C@H](C)c2ccc(-n3cccn3)cc2)cs1. The van der Waals surface area contributed by atoms with Gasteiger partial charge in [0.15, 0.2) is 17.0 Å². The number of amides is 1. The maximum absolute atomic E-state index is 13.5. The molecule has 0 saturated carbocycles. The van der Waals surface area contributed by atoms with Crippen molar-refractivity contribution in [2.24, 2.45) is 0 Å². The second-order valence-corrected chi connectivity index (χ2v) is 10.5. The zero-order valence-electron chi connectivity index (χ0n) is 21.8. The van der Waals surface area contributed by atoms with E-state index in [4.69, 9.17) is 0 Å². The Bertz CT molecular complexity index is 1440. The minimum atomic E-state index is -1.88. The third kappa shape index (κ3) is 5.49. The largest absolute Gasteiger partial charge is 0.382 e. The van der Waals surface area contributed by atoms with E-state index >= 15 is 0 Å². The van der Waals surface area contributed by atoms with E-state index in [0.29, 0.717) is 5.69 Å². The first-order chi connectivity index (χ1) is 18.9. The highest BCUT2D eigenvalue weighted by molar-refractivity contribution is 7.13. The van der Waals surface area contributed by atoms with Crippen LogP contribution in [0.3, 0.4) is 0 Å². The van der Waals surface area contributed by atoms with Crippen molar-refractivity contribution < 1.29 is 19.8 Å². The average Bonchev–Trinajstić information content (AvgIpc) is 3.72. The van der Waals surface area contributed by atoms with Gasteiger partial charge in [-0.15, -0.1) is 11.3 Å². The van der Waals surface area contributed by atoms with E-state index in [0.717, 1.165) is 34.1 Å². The summed E-state index contributed by atoms with van der Waals surface area (Å²) in [5.74, 6) is -1.51. The first-order valence-corrected chi connectivity index (χ1v) is 13.8. The van der Waals surface area contributed by atoms with Gasteiger partial charge in [0.2, 0.25) is 0 Å². The third-order valence-corrected chi connectivity index (χ3v) is 7.85. The van der Waals surface area contributed by atoms with Crippen LogP contribution in [0, 0.1) is 0 Å². The second-order valence-electron chi connectivity index (χ2n) is 9.68. The Kier molecular flexibility index (Phi) is 7.87. The number of carbonyl (C=O) groups is 2. The fraction of sp³-hybridized carbons (Fsp3) is 0.310. The van der Waals surface area contributed by atoms with E-state index in [-0.39, 0.29) is 18.9 Å². The number of thiazole rings is 1. The lowest BCUT2D eigenvalue weighted by atomic mass is 9.92. The molecular formula is C29H31N5O4S. The smallest absolute Gasteiger partial charge is 0.255 e. The van der Waals surface area contributed by atoms with Gasteiger partial charge in [0, 0.05) is 37.3 Å². The highest BCUT2D eigenvalue weighted by Gasteiger charge is 2.41. The normalized spacial score (nSPS) is 16.9. The van der Waals surface area contributed by atoms with Crippen molar-refractivity contribution in [2.45, 2.75) is 51.0 Å². The molecule has 0 spiro atoms. The van der Waals surface area contributed by atoms with Crippen LogP contribution in [0.25, 0.3) is 5.69 Å². The van der Waals surface area contributed by atoms with Gasteiger partial charge >= 0.3 is 0 Å². The fourth-order valence-electron chi connectivity index (χ4n) is 4.95. The predicted molar refractivity (Wildman–Crippen MR) is 149 cm³/mol. The molecule has 4 aromatic rings. The van der Waals surface area contributed by atoms with Gasteiger partial charge in [-0.05, 0) is 47.7 Å². The van der Waals surface area contributed by atoms with E-state index in [1.807, 2.05) is 80.0 Å². The van der Waals surface area contributed by atoms with Crippen LogP contribution >= 0.6 is 11.3 Å². The number of anilines is 1. The average molecular weight is 546 g/mol. The predicted octanol–water partition coefficient (Wildman–Crippen LogP) is 3.68. The molecule has 1 aliphatic rings. The molecule has 9 nitrogen and oxygen atoms in total. The summed E-state index contributed by atoms with van der Waals surface area (Å²) in [6.07, 6.45) is -0.190. The van der Waals surface area contributed by atoms with Gasteiger partial charge < -0.3 is 20.4 Å². The van der Waals surface area contributed by atoms with Crippen LogP contribution in [0.1, 0.15) is 54.6 Å². The number of carbonyl (C=O) groups excluding carboxylic acids is 2. The number of hydrogen-bond donors (Lipinski definition) is 3. The van der Waals surface area contributed by atoms with E-state index in [1.54, 1.807) is 10.9 Å². The number of ketones is 1. The summed E-state index contributed by atoms with van der Waals surface area (Å²) < 4.78 is 1.74. The third-order valence-electron chi connectivity index (χ3n) is 7.04. The van der Waals surface area contributed by atoms with Crippen molar-refractivity contribution >= 4 is 28.2 Å². The number of Topliss-reactive ketones (excluding diaryl/α,β-unsaturated/α-hetero) is 1. The first-order valence-electron chi connectivity index (χ1n) is 12.9. The number of aliphatic hydroxyl groups is 2. The summed E-state index contributed by atoms with van der Waals surface area (Å²) in [7, 11) is 0. The number of benzene rings is 2. The van der Waals surface area contributed by atoms with Crippen molar-refractivity contribution in [3.8, 4) is 5.69 Å². The summed E-state index contributed by atoms with van der Waals surface area (Å²) in [4.78, 5) is 32.6. The number of aliphatic hydroxyl groups excluding tert-OH is 2. The van der Waals surface area contributed by atoms with Gasteiger partial charge in [0.1, 0.15) is 12.1 Å². The van der Waals surface area contributed by atoms with Crippen LogP contribution in [-0.4, -0.2) is 60.3 Å². The highest BCUT2D eigenvalue weighted by Crippen LogP contribution is 2.40. The lowest BCUT2D eigenvalue weighted by Crippen LogP contribution is -2.47. The standard InChI is InChI=1S/C29H31N5O4S/c1-3-30-29-32-23(17-39-29)25-22-8-5-4-7-20(22)16-33(25)28(38)27(37)26(36)24(35)15-18(2)19-9-11-21(12-10-19)34-14-6-13-31-34/h4-14,17-18,25-27,36-37H,3,15-16H2,1-2H3,(H,30,32)/t18-,25+,26-,27+/m0/s1. The maximum Gasteiger partial charge on any atom is 0.255 e. The van der Waals surface area contributed by atoms with Gasteiger partial charge in [0.05, 0.1) is 11.4 Å². The summed E-state index contributed by atoms with van der Waals surface area (Å²) in [6, 6.07) is 16.6. The van der Waals surface area contributed by atoms with Crippen molar-refractivity contribution in [2.75, 3.05) is 11.9 Å². The number of rotatable bonds is 10. The lowest BCUT2D eigenvalue weighted by Gasteiger charge is -2.28. The van der Waals surface area contributed by atoms with Gasteiger partial charge in [-0.1, -0.05) is 43.3 Å². The molecule has 5 rings (SSSR count). The fourth-order valence-corrected chi connectivity index (χ4v) is 5.75. The number of fused-ring (bicyclic) bond motifs is 1. The van der Waals surface area contributed by atoms with Crippen LogP contribution in [-0.2, 0) is 16.1 Å². The molecule has 10 heteroatoms. The molecule has 4 atom stereocenters. The minimum absolute atomic E-state index is 0.0194. The van der Waals surface area contributed by atoms with Crippen molar-refractivity contribution in [3.05, 3.63) is 94.8 Å². The van der Waals surface area contributed by atoms with Gasteiger partial charge in [0.25, 0.3) is 5.91 Å². The van der Waals surface area contributed by atoms with Crippen LogP contribution in [0.5, 0.6) is 0 Å². The number of nitrogens with zero attached hydrogens (tertiary/aromatic N) is 4. The second kappa shape index (κ2) is 11.5. The first kappa shape index (κ1) is 26.7. The molecule has 0 radical (unpaired) electrons. The molecule has 202 valence electrons. The Labute approximate surface area is 230 Å². The Morgan fingerprint density at radius 2 is 1.87 bits per heavy atom. The van der Waals surface area contributed by atoms with Gasteiger partial charge in [-0.25, -0.2) is 9.67 Å². The van der Waals surface area contributed by atoms with Crippen molar-refractivity contribution in [1.29, 1.82) is 0 Å². The zero-order valence-corrected chi connectivity index (χ0v) is 22.6. The highest BCUT2D eigenvalue weighted by atomic mass is 32.1. The van der Waals surface area contributed by atoms with Gasteiger partial charge in [-0.2, -0.15) is 5.10 Å². The van der Waals surface area contributed by atoms with Crippen LogP contribution in [0.2, 0.25) is 0 Å². The van der Waals surface area contributed by atoms with E-state index in [9.17, 15) is 19.8 Å². The maximum atomic E-state index is 13.5. The monoisotopic (exact) mass is 545 g/mol. The number of aromatic nitrogens is 3. The van der Waals surface area contributed by atoms with E-state index in [2.05, 4.69) is 15.4 Å². The molecule has 3 heterocycles. The van der Waals surface area contributed by atoms with E-state index in [1.165, 1.54) is 16.2 Å². The van der Waals surface area contributed by atoms with Crippen LogP contribution in [0.4, 0.5) is 5.13 Å². The molecule has 0 unspecified atom stereocenters. The molecule has 2 aromatic heterocycles. The van der Waals surface area contributed by atoms with Crippen LogP contribution < -0.4 is 5.32 Å². The van der Waals surface area contributed by atoms with Gasteiger partial charge in [-0.3, -0.25) is 9.59 Å². The molecule has 1 aliphatic heterocycles. The topological polar surface area (TPSA) is 121 Å². The Hall–Kier alpha value is -3.86. The summed E-state index contributed by atoms with van der Waals surface area (Å²) in [5, 5.41) is 31.6. The van der Waals surface area contributed by atoms with Crippen molar-refractivity contribution in [1.82, 2.24) is 19.7 Å². The molecule has 39 heavy (non-hydrogen) atoms. The molecule has 0 aliphatic carbocycles. The lowest BCUT2D eigenvalue weighted by molar-refractivity contribution is -0.153. The summed E-state index contributed by atoms with van der Waals surface area (Å²) in [6.45, 7) is 4.83. The molecular weight excluding hydrogens is 514 g/mol. The minimum Gasteiger partial charge on any atom is -0.382 e. The molecule has 3 N–H and O–H groups in total. The number of nitrogens with one attached hydrogen (secondary N) is 1. The Morgan fingerprint density at radius 1 is 1.10 bits per heavy atom. The Balaban J connectivity index is 1.28. The Morgan fingerprint density at radius 3 is 2.59 bits per heavy atom. The summed E-state index contributed by atoms with van der Waals surface area (Å²) >= 11 is 1.44. The van der Waals surface area contributed by atoms with E-state index < -0.39 is 29.9 Å². The molecule has 0 fully saturated rings. The molecule has 1 amide bonds. The van der Waals surface area contributed by atoms with Crippen molar-refractivity contribution in [3.63, 3.8) is 0 Å². The molecule has 2 aromatic carbocycles. The number of hydrogen-bond acceptors (Lipinski definition) is 8. The summed E-state index contributed by atoms with van der Waals surface area (Å²) in [5.41, 5.74) is 4.33. The molecule has 0 bridgehead atoms.